The zero-order valence-electron chi connectivity index (χ0n) is 11.2. The van der Waals surface area contributed by atoms with E-state index in [9.17, 15) is 9.90 Å². The predicted molar refractivity (Wildman–Crippen MR) is 70.9 cm³/mol. The van der Waals surface area contributed by atoms with Crippen LogP contribution in [0.4, 0.5) is 11.8 Å². The van der Waals surface area contributed by atoms with Gasteiger partial charge in [-0.1, -0.05) is 20.3 Å². The predicted octanol–water partition coefficient (Wildman–Crippen LogP) is 1.45. The maximum Gasteiger partial charge on any atom is 0.326 e. The lowest BCUT2D eigenvalue weighted by molar-refractivity contribution is -0.139. The second-order valence-corrected chi connectivity index (χ2v) is 4.48. The van der Waals surface area contributed by atoms with Crippen molar-refractivity contribution in [2.24, 2.45) is 5.92 Å². The number of nitrogens with one attached hydrogen (secondary N) is 1. The average molecular weight is 252 g/mol. The van der Waals surface area contributed by atoms with Gasteiger partial charge in [0, 0.05) is 20.3 Å². The summed E-state index contributed by atoms with van der Waals surface area (Å²) in [6.07, 6.45) is 2.40. The molecule has 1 heterocycles. The van der Waals surface area contributed by atoms with E-state index < -0.39 is 12.0 Å². The van der Waals surface area contributed by atoms with Crippen LogP contribution in [-0.2, 0) is 4.79 Å². The van der Waals surface area contributed by atoms with E-state index in [1.54, 1.807) is 17.2 Å². The van der Waals surface area contributed by atoms with Crippen LogP contribution in [0.3, 0.4) is 0 Å². The third-order valence-electron chi connectivity index (χ3n) is 2.83. The molecule has 0 aromatic carbocycles. The highest BCUT2D eigenvalue weighted by atomic mass is 16.4. The number of rotatable bonds is 6. The molecule has 0 radical (unpaired) electrons. The third-order valence-corrected chi connectivity index (χ3v) is 2.83. The monoisotopic (exact) mass is 252 g/mol. The zero-order valence-corrected chi connectivity index (χ0v) is 11.2. The lowest BCUT2D eigenvalue weighted by Crippen LogP contribution is -2.35. The first-order valence-corrected chi connectivity index (χ1v) is 5.95. The lowest BCUT2D eigenvalue weighted by Gasteiger charge is -2.21. The molecule has 1 rings (SSSR count). The van der Waals surface area contributed by atoms with Crippen LogP contribution in [0.1, 0.15) is 20.3 Å². The summed E-state index contributed by atoms with van der Waals surface area (Å²) in [5.41, 5.74) is 0. The fourth-order valence-corrected chi connectivity index (χ4v) is 1.49. The van der Waals surface area contributed by atoms with Crippen molar-refractivity contribution in [3.8, 4) is 0 Å². The van der Waals surface area contributed by atoms with Gasteiger partial charge in [0.05, 0.1) is 0 Å². The Kier molecular flexibility index (Phi) is 4.88. The van der Waals surface area contributed by atoms with E-state index in [0.717, 1.165) is 6.42 Å². The second kappa shape index (κ2) is 6.18. The number of carbonyl (C=O) groups is 1. The Bertz CT molecular complexity index is 409. The minimum atomic E-state index is -0.866. The Morgan fingerprint density at radius 1 is 1.56 bits per heavy atom. The van der Waals surface area contributed by atoms with Crippen molar-refractivity contribution < 1.29 is 9.90 Å². The first-order chi connectivity index (χ1) is 8.45. The van der Waals surface area contributed by atoms with E-state index in [1.165, 1.54) is 0 Å². The van der Waals surface area contributed by atoms with Gasteiger partial charge in [-0.2, -0.15) is 4.98 Å². The molecular weight excluding hydrogens is 232 g/mol. The molecule has 0 saturated heterocycles. The fraction of sp³-hybridized carbons (Fsp3) is 0.583. The van der Waals surface area contributed by atoms with Crippen LogP contribution in [0.25, 0.3) is 0 Å². The zero-order chi connectivity index (χ0) is 13.7. The molecule has 2 atom stereocenters. The molecule has 0 aliphatic rings. The van der Waals surface area contributed by atoms with Gasteiger partial charge < -0.3 is 15.3 Å². The Morgan fingerprint density at radius 2 is 2.22 bits per heavy atom. The van der Waals surface area contributed by atoms with E-state index in [0.29, 0.717) is 11.8 Å². The Labute approximate surface area is 107 Å². The molecule has 6 heteroatoms. The smallest absolute Gasteiger partial charge is 0.326 e. The minimum absolute atomic E-state index is 0.0280. The molecule has 0 spiro atoms. The van der Waals surface area contributed by atoms with E-state index in [4.69, 9.17) is 0 Å². The van der Waals surface area contributed by atoms with Crippen LogP contribution in [-0.4, -0.2) is 41.2 Å². The largest absolute Gasteiger partial charge is 0.480 e. The number of hydrogen-bond donors (Lipinski definition) is 2. The average Bonchev–Trinajstić information content (AvgIpc) is 2.35. The highest BCUT2D eigenvalue weighted by Gasteiger charge is 2.23. The molecule has 0 unspecified atom stereocenters. The number of aromatic nitrogens is 2. The number of hydrogen-bond acceptors (Lipinski definition) is 5. The molecule has 0 fully saturated rings. The Hall–Kier alpha value is -1.85. The van der Waals surface area contributed by atoms with Crippen molar-refractivity contribution in [1.82, 2.24) is 9.97 Å². The van der Waals surface area contributed by atoms with E-state index >= 15 is 0 Å². The highest BCUT2D eigenvalue weighted by Crippen LogP contribution is 2.15. The summed E-state index contributed by atoms with van der Waals surface area (Å²) in [6.45, 7) is 3.87. The molecule has 0 aliphatic heterocycles. The summed E-state index contributed by atoms with van der Waals surface area (Å²) < 4.78 is 0. The molecule has 0 bridgehead atoms. The van der Waals surface area contributed by atoms with Gasteiger partial charge in [0.15, 0.2) is 0 Å². The molecule has 0 amide bonds. The summed E-state index contributed by atoms with van der Waals surface area (Å²) in [4.78, 5) is 21.3. The molecule has 18 heavy (non-hydrogen) atoms. The molecule has 2 N–H and O–H groups in total. The maximum absolute atomic E-state index is 11.2. The van der Waals surface area contributed by atoms with Gasteiger partial charge in [-0.05, 0) is 12.0 Å². The van der Waals surface area contributed by atoms with E-state index in [2.05, 4.69) is 15.3 Å². The van der Waals surface area contributed by atoms with Crippen molar-refractivity contribution in [1.29, 1.82) is 0 Å². The first kappa shape index (κ1) is 14.2. The summed E-state index contributed by atoms with van der Waals surface area (Å²) in [7, 11) is 3.67. The van der Waals surface area contributed by atoms with Crippen LogP contribution in [0.15, 0.2) is 12.3 Å². The van der Waals surface area contributed by atoms with Crippen LogP contribution >= 0.6 is 0 Å². The quantitative estimate of drug-likeness (QED) is 0.798. The normalized spacial score (nSPS) is 13.8. The van der Waals surface area contributed by atoms with Crippen molar-refractivity contribution >= 4 is 17.7 Å². The van der Waals surface area contributed by atoms with Crippen molar-refractivity contribution in [2.75, 3.05) is 24.3 Å². The maximum atomic E-state index is 11.2. The standard InChI is InChI=1S/C12H20N4O2/c1-5-8(2)10(11(17)18)14-9-6-7-13-12(15-9)16(3)4/h6-8,10H,5H2,1-4H3,(H,17,18)(H,13,14,15)/t8-,10-/m0/s1. The molecule has 6 nitrogen and oxygen atoms in total. The number of anilines is 2. The van der Waals surface area contributed by atoms with E-state index in [1.807, 2.05) is 27.9 Å². The number of carboxylic acids is 1. The highest BCUT2D eigenvalue weighted by molar-refractivity contribution is 5.77. The SMILES string of the molecule is CC[C@H](C)[C@H](Nc1ccnc(N(C)C)n1)C(=O)O. The molecule has 0 aliphatic carbocycles. The summed E-state index contributed by atoms with van der Waals surface area (Å²) in [5, 5.41) is 12.1. The topological polar surface area (TPSA) is 78.4 Å². The Morgan fingerprint density at radius 3 is 2.72 bits per heavy atom. The van der Waals surface area contributed by atoms with Crippen LogP contribution in [0.2, 0.25) is 0 Å². The second-order valence-electron chi connectivity index (χ2n) is 4.48. The van der Waals surface area contributed by atoms with Crippen LogP contribution < -0.4 is 10.2 Å². The number of nitrogens with zero attached hydrogens (tertiary/aromatic N) is 3. The Balaban J connectivity index is 2.87. The molecule has 1 aromatic heterocycles. The van der Waals surface area contributed by atoms with Gasteiger partial charge in [-0.3, -0.25) is 0 Å². The molecule has 1 aromatic rings. The number of aliphatic carboxylic acids is 1. The van der Waals surface area contributed by atoms with Crippen molar-refractivity contribution in [2.45, 2.75) is 26.3 Å². The van der Waals surface area contributed by atoms with Gasteiger partial charge in [-0.25, -0.2) is 9.78 Å². The fourth-order valence-electron chi connectivity index (χ4n) is 1.49. The van der Waals surface area contributed by atoms with E-state index in [-0.39, 0.29) is 5.92 Å². The minimum Gasteiger partial charge on any atom is -0.480 e. The van der Waals surface area contributed by atoms with Crippen LogP contribution in [0, 0.1) is 5.92 Å². The molecule has 100 valence electrons. The molecule has 0 saturated carbocycles. The van der Waals surface area contributed by atoms with Gasteiger partial charge >= 0.3 is 5.97 Å². The summed E-state index contributed by atoms with van der Waals surface area (Å²) >= 11 is 0. The third kappa shape index (κ3) is 3.58. The van der Waals surface area contributed by atoms with Gasteiger partial charge in [0.1, 0.15) is 11.9 Å². The van der Waals surface area contributed by atoms with Crippen LogP contribution in [0.5, 0.6) is 0 Å². The van der Waals surface area contributed by atoms with Gasteiger partial charge in [-0.15, -0.1) is 0 Å². The lowest BCUT2D eigenvalue weighted by atomic mass is 9.99. The van der Waals surface area contributed by atoms with Crippen molar-refractivity contribution in [3.05, 3.63) is 12.3 Å². The summed E-state index contributed by atoms with van der Waals surface area (Å²) in [5.74, 6) is 0.240. The summed E-state index contributed by atoms with van der Waals surface area (Å²) in [6, 6.07) is 1.03. The molecular formula is C12H20N4O2. The van der Waals surface area contributed by atoms with Gasteiger partial charge in [0.25, 0.3) is 0 Å². The van der Waals surface area contributed by atoms with Gasteiger partial charge in [0.2, 0.25) is 5.95 Å². The number of carboxylic acid groups (broad SMARTS) is 1. The first-order valence-electron chi connectivity index (χ1n) is 5.95. The van der Waals surface area contributed by atoms with Crippen molar-refractivity contribution in [3.63, 3.8) is 0 Å².